The van der Waals surface area contributed by atoms with Crippen LogP contribution in [0.4, 0.5) is 5.69 Å². The highest BCUT2D eigenvalue weighted by Gasteiger charge is 2.37. The van der Waals surface area contributed by atoms with Gasteiger partial charge in [-0.1, -0.05) is 19.1 Å². The Bertz CT molecular complexity index is 703. The van der Waals surface area contributed by atoms with Crippen LogP contribution in [0.5, 0.6) is 0 Å². The summed E-state index contributed by atoms with van der Waals surface area (Å²) in [4.78, 5) is 43.1. The molecule has 6 nitrogen and oxygen atoms in total. The Morgan fingerprint density at radius 1 is 1.24 bits per heavy atom. The molecule has 2 heterocycles. The van der Waals surface area contributed by atoms with Gasteiger partial charge in [-0.05, 0) is 37.8 Å². The molecule has 25 heavy (non-hydrogen) atoms. The van der Waals surface area contributed by atoms with E-state index >= 15 is 0 Å². The molecule has 2 aliphatic heterocycles. The van der Waals surface area contributed by atoms with Crippen LogP contribution in [0.25, 0.3) is 0 Å². The fourth-order valence-electron chi connectivity index (χ4n) is 3.74. The topological polar surface area (TPSA) is 60.9 Å². The zero-order chi connectivity index (χ0) is 18.1. The van der Waals surface area contributed by atoms with Crippen LogP contribution >= 0.6 is 0 Å². The summed E-state index contributed by atoms with van der Waals surface area (Å²) < 4.78 is 0. The van der Waals surface area contributed by atoms with E-state index in [0.717, 1.165) is 25.9 Å². The van der Waals surface area contributed by atoms with E-state index in [1.807, 2.05) is 4.90 Å². The summed E-state index contributed by atoms with van der Waals surface area (Å²) >= 11 is 0. The summed E-state index contributed by atoms with van der Waals surface area (Å²) in [6.45, 7) is 5.33. The molecule has 2 unspecified atom stereocenters. The van der Waals surface area contributed by atoms with E-state index in [1.165, 1.54) is 9.80 Å². The van der Waals surface area contributed by atoms with Crippen molar-refractivity contribution in [3.8, 4) is 0 Å². The normalized spacial score (nSPS) is 22.5. The van der Waals surface area contributed by atoms with Crippen LogP contribution in [-0.4, -0.2) is 60.2 Å². The number of rotatable bonds is 2. The Hall–Kier alpha value is -2.37. The van der Waals surface area contributed by atoms with Gasteiger partial charge in [0, 0.05) is 20.1 Å². The third-order valence-electron chi connectivity index (χ3n) is 5.10. The lowest BCUT2D eigenvalue weighted by Gasteiger charge is -2.36. The highest BCUT2D eigenvalue weighted by molar-refractivity contribution is 6.11. The molecule has 1 aromatic rings. The molecule has 0 radical (unpaired) electrons. The van der Waals surface area contributed by atoms with Crippen molar-refractivity contribution in [2.24, 2.45) is 5.92 Å². The molecule has 0 bridgehead atoms. The van der Waals surface area contributed by atoms with Crippen LogP contribution in [0.2, 0.25) is 0 Å². The van der Waals surface area contributed by atoms with Crippen LogP contribution < -0.4 is 4.90 Å². The molecule has 0 aliphatic carbocycles. The number of likely N-dealkylation sites (tertiary alicyclic amines) is 1. The van der Waals surface area contributed by atoms with Crippen molar-refractivity contribution in [2.45, 2.75) is 32.7 Å². The second kappa shape index (κ2) is 6.86. The molecule has 2 aliphatic rings. The molecule has 3 rings (SSSR count). The summed E-state index contributed by atoms with van der Waals surface area (Å²) in [6.07, 6.45) is 2.12. The predicted molar refractivity (Wildman–Crippen MR) is 95.3 cm³/mol. The number of likely N-dealkylation sites (N-methyl/N-ethyl adjacent to an activating group) is 1. The summed E-state index contributed by atoms with van der Waals surface area (Å²) in [6, 6.07) is 6.39. The molecule has 6 heteroatoms. The second-order valence-electron chi connectivity index (χ2n) is 7.15. The van der Waals surface area contributed by atoms with Gasteiger partial charge < -0.3 is 9.80 Å². The van der Waals surface area contributed by atoms with Crippen LogP contribution in [0.1, 0.15) is 37.0 Å². The lowest BCUT2D eigenvalue weighted by atomic mass is 9.99. The number of fused-ring (bicyclic) bond motifs is 1. The van der Waals surface area contributed by atoms with Crippen molar-refractivity contribution in [2.75, 3.05) is 31.6 Å². The van der Waals surface area contributed by atoms with E-state index in [0.29, 0.717) is 17.2 Å². The smallest absolute Gasteiger partial charge is 0.256 e. The monoisotopic (exact) mass is 343 g/mol. The number of amides is 3. The molecule has 1 aromatic carbocycles. The molecular formula is C19H25N3O3. The van der Waals surface area contributed by atoms with Gasteiger partial charge in [0.2, 0.25) is 11.8 Å². The highest BCUT2D eigenvalue weighted by atomic mass is 16.2. The predicted octanol–water partition coefficient (Wildman–Crippen LogP) is 1.75. The van der Waals surface area contributed by atoms with Crippen molar-refractivity contribution in [3.63, 3.8) is 0 Å². The second-order valence-corrected chi connectivity index (χ2v) is 7.15. The van der Waals surface area contributed by atoms with Gasteiger partial charge in [-0.15, -0.1) is 0 Å². The molecule has 0 spiro atoms. The number of hydrogen-bond donors (Lipinski definition) is 0. The fraction of sp³-hybridized carbons (Fsp3) is 0.526. The number of benzene rings is 1. The Morgan fingerprint density at radius 2 is 1.96 bits per heavy atom. The largest absolute Gasteiger partial charge is 0.341 e. The Morgan fingerprint density at radius 3 is 2.68 bits per heavy atom. The number of piperidine rings is 1. The van der Waals surface area contributed by atoms with E-state index in [1.54, 1.807) is 38.2 Å². The van der Waals surface area contributed by atoms with Crippen molar-refractivity contribution in [1.82, 2.24) is 9.80 Å². The number of carbonyl (C=O) groups excluding carboxylic acids is 3. The van der Waals surface area contributed by atoms with Crippen LogP contribution in [-0.2, 0) is 9.59 Å². The average Bonchev–Trinajstić information content (AvgIpc) is 2.69. The van der Waals surface area contributed by atoms with E-state index in [9.17, 15) is 14.4 Å². The molecule has 3 amide bonds. The van der Waals surface area contributed by atoms with Crippen molar-refractivity contribution < 1.29 is 14.4 Å². The summed E-state index contributed by atoms with van der Waals surface area (Å²) in [5.41, 5.74) is 0.982. The third kappa shape index (κ3) is 3.25. The minimum Gasteiger partial charge on any atom is -0.341 e. The molecule has 0 N–H and O–H groups in total. The summed E-state index contributed by atoms with van der Waals surface area (Å²) in [5.74, 6) is 0.000777. The third-order valence-corrected chi connectivity index (χ3v) is 5.10. The number of anilines is 1. The van der Waals surface area contributed by atoms with Crippen LogP contribution in [0.3, 0.4) is 0 Å². The molecule has 134 valence electrons. The van der Waals surface area contributed by atoms with E-state index in [-0.39, 0.29) is 24.3 Å². The van der Waals surface area contributed by atoms with Crippen molar-refractivity contribution in [3.05, 3.63) is 29.8 Å². The maximum Gasteiger partial charge on any atom is 0.256 e. The molecular weight excluding hydrogens is 318 g/mol. The fourth-order valence-corrected chi connectivity index (χ4v) is 3.74. The van der Waals surface area contributed by atoms with E-state index in [2.05, 4.69) is 6.92 Å². The standard InChI is InChI=1S/C19H25N3O3/c1-13-7-6-10-21(11-13)18(24)14(2)22-16-9-5-4-8-15(16)19(25)20(3)12-17(22)23/h4-5,8-9,13-14H,6-7,10-12H2,1-3H3. The van der Waals surface area contributed by atoms with Gasteiger partial charge in [-0.25, -0.2) is 0 Å². The first kappa shape index (κ1) is 17.5. The molecule has 0 aromatic heterocycles. The SMILES string of the molecule is CC1CCCN(C(=O)C(C)N2C(=O)CN(C)C(=O)c3ccccc32)C1. The van der Waals surface area contributed by atoms with Gasteiger partial charge in [0.05, 0.1) is 11.3 Å². The Labute approximate surface area is 148 Å². The van der Waals surface area contributed by atoms with Crippen molar-refractivity contribution >= 4 is 23.4 Å². The van der Waals surface area contributed by atoms with Gasteiger partial charge in [-0.3, -0.25) is 19.3 Å². The van der Waals surface area contributed by atoms with Crippen LogP contribution in [0, 0.1) is 5.92 Å². The Balaban J connectivity index is 1.94. The number of nitrogens with zero attached hydrogens (tertiary/aromatic N) is 3. The zero-order valence-electron chi connectivity index (χ0n) is 15.1. The lowest BCUT2D eigenvalue weighted by molar-refractivity contribution is -0.135. The quantitative estimate of drug-likeness (QED) is 0.822. The van der Waals surface area contributed by atoms with Crippen molar-refractivity contribution in [1.29, 1.82) is 0 Å². The molecule has 0 saturated carbocycles. The maximum atomic E-state index is 13.0. The lowest BCUT2D eigenvalue weighted by Crippen LogP contribution is -2.53. The minimum atomic E-state index is -0.627. The van der Waals surface area contributed by atoms with E-state index in [4.69, 9.17) is 0 Å². The number of para-hydroxylation sites is 1. The van der Waals surface area contributed by atoms with Gasteiger partial charge in [0.25, 0.3) is 5.91 Å². The maximum absolute atomic E-state index is 13.0. The molecule has 1 saturated heterocycles. The zero-order valence-corrected chi connectivity index (χ0v) is 15.1. The number of carbonyl (C=O) groups is 3. The first-order valence-corrected chi connectivity index (χ1v) is 8.85. The van der Waals surface area contributed by atoms with E-state index < -0.39 is 6.04 Å². The van der Waals surface area contributed by atoms with Gasteiger partial charge >= 0.3 is 0 Å². The van der Waals surface area contributed by atoms with Crippen LogP contribution in [0.15, 0.2) is 24.3 Å². The first-order valence-electron chi connectivity index (χ1n) is 8.85. The Kier molecular flexibility index (Phi) is 4.79. The average molecular weight is 343 g/mol. The van der Waals surface area contributed by atoms with Gasteiger partial charge in [-0.2, -0.15) is 0 Å². The van der Waals surface area contributed by atoms with Gasteiger partial charge in [0.1, 0.15) is 12.6 Å². The summed E-state index contributed by atoms with van der Waals surface area (Å²) in [7, 11) is 1.61. The number of hydrogen-bond acceptors (Lipinski definition) is 3. The highest BCUT2D eigenvalue weighted by Crippen LogP contribution is 2.28. The summed E-state index contributed by atoms with van der Waals surface area (Å²) in [5, 5.41) is 0. The van der Waals surface area contributed by atoms with Gasteiger partial charge in [0.15, 0.2) is 0 Å². The molecule has 1 fully saturated rings. The molecule has 2 atom stereocenters. The minimum absolute atomic E-state index is 0.0263. The first-order chi connectivity index (χ1) is 11.9.